The van der Waals surface area contributed by atoms with E-state index in [0.29, 0.717) is 0 Å². The fourth-order valence-electron chi connectivity index (χ4n) is 7.89. The Morgan fingerprint density at radius 3 is 1.27 bits per heavy atom. The first-order valence-corrected chi connectivity index (χ1v) is 16.4. The molecule has 9 aromatic carbocycles. The average Bonchev–Trinajstić information content (AvgIpc) is 3.73. The van der Waals surface area contributed by atoms with Crippen LogP contribution in [0.1, 0.15) is 0 Å². The molecule has 0 aliphatic rings. The molecule has 0 spiro atoms. The number of fused-ring (bicyclic) bond motifs is 14. The highest BCUT2D eigenvalue weighted by Gasteiger charge is 2.16. The minimum Gasteiger partial charge on any atom is -0.452 e. The van der Waals surface area contributed by atoms with Crippen molar-refractivity contribution in [1.29, 1.82) is 0 Å². The van der Waals surface area contributed by atoms with E-state index in [-0.39, 0.29) is 0 Å². The van der Waals surface area contributed by atoms with Crippen molar-refractivity contribution >= 4 is 87.0 Å². The van der Waals surface area contributed by atoms with Gasteiger partial charge in [-0.1, -0.05) is 109 Å². The molecule has 2 nitrogen and oxygen atoms in total. The van der Waals surface area contributed by atoms with Gasteiger partial charge in [0, 0.05) is 21.5 Å². The van der Waals surface area contributed by atoms with Crippen molar-refractivity contribution in [3.63, 3.8) is 0 Å². The molecule has 2 aromatic heterocycles. The van der Waals surface area contributed by atoms with Crippen LogP contribution >= 0.6 is 0 Å². The minimum atomic E-state index is 0.803. The molecule has 2 heteroatoms. The summed E-state index contributed by atoms with van der Waals surface area (Å²) in [5.41, 5.74) is 8.14. The van der Waals surface area contributed by atoms with Crippen molar-refractivity contribution in [2.75, 3.05) is 0 Å². The normalized spacial score (nSPS) is 12.2. The largest absolute Gasteiger partial charge is 0.452 e. The Bertz CT molecular complexity index is 3080. The summed E-state index contributed by atoms with van der Waals surface area (Å²) >= 11 is 0. The highest BCUT2D eigenvalue weighted by atomic mass is 16.4. The predicted molar refractivity (Wildman–Crippen MR) is 202 cm³/mol. The maximum Gasteiger partial charge on any atom is 0.178 e. The number of para-hydroxylation sites is 1. The second kappa shape index (κ2) is 9.57. The SMILES string of the molecule is c1ccc2c(c1)oc1c2ccc2c3cc(-c4ccc5cc(-c6ccc7c8ccccc8c8ccccc8c7c6)ccc5c4)ccc3oc21. The van der Waals surface area contributed by atoms with E-state index in [2.05, 4.69) is 140 Å². The van der Waals surface area contributed by atoms with Crippen LogP contribution in [-0.4, -0.2) is 0 Å². The lowest BCUT2D eigenvalue weighted by molar-refractivity contribution is 0.633. The zero-order valence-corrected chi connectivity index (χ0v) is 25.8. The highest BCUT2D eigenvalue weighted by Crippen LogP contribution is 2.41. The van der Waals surface area contributed by atoms with Gasteiger partial charge in [0.15, 0.2) is 11.2 Å². The van der Waals surface area contributed by atoms with Crippen molar-refractivity contribution in [2.24, 2.45) is 0 Å². The molecular weight excluding hydrogens is 585 g/mol. The lowest BCUT2D eigenvalue weighted by atomic mass is 9.91. The fraction of sp³-hybridized carbons (Fsp3) is 0. The van der Waals surface area contributed by atoms with Gasteiger partial charge >= 0.3 is 0 Å². The van der Waals surface area contributed by atoms with E-state index in [1.807, 2.05) is 18.2 Å². The van der Waals surface area contributed by atoms with Crippen LogP contribution in [0.25, 0.3) is 109 Å². The summed E-state index contributed by atoms with van der Waals surface area (Å²) in [6, 6.07) is 57.0. The van der Waals surface area contributed by atoms with Gasteiger partial charge < -0.3 is 8.83 Å². The van der Waals surface area contributed by atoms with Crippen molar-refractivity contribution in [1.82, 2.24) is 0 Å². The Balaban J connectivity index is 1.00. The summed E-state index contributed by atoms with van der Waals surface area (Å²) in [4.78, 5) is 0. The molecule has 0 saturated carbocycles. The molecule has 2 heterocycles. The number of furan rings is 2. The molecule has 0 amide bonds. The van der Waals surface area contributed by atoms with Gasteiger partial charge in [-0.2, -0.15) is 0 Å². The Kier molecular flexibility index (Phi) is 5.14. The van der Waals surface area contributed by atoms with Crippen LogP contribution in [0.3, 0.4) is 0 Å². The van der Waals surface area contributed by atoms with Crippen molar-refractivity contribution in [3.05, 3.63) is 158 Å². The fourth-order valence-corrected chi connectivity index (χ4v) is 7.89. The monoisotopic (exact) mass is 610 g/mol. The van der Waals surface area contributed by atoms with Crippen LogP contribution in [0.4, 0.5) is 0 Å². The predicted octanol–water partition coefficient (Wildman–Crippen LogP) is 13.4. The average molecular weight is 611 g/mol. The third-order valence-electron chi connectivity index (χ3n) is 10.2. The van der Waals surface area contributed by atoms with Gasteiger partial charge in [-0.3, -0.25) is 0 Å². The van der Waals surface area contributed by atoms with Crippen LogP contribution in [0.2, 0.25) is 0 Å². The number of hydrogen-bond donors (Lipinski definition) is 0. The van der Waals surface area contributed by atoms with Crippen LogP contribution in [0.15, 0.2) is 167 Å². The standard InChI is InChI=1S/C46H26O2/c1-2-9-35-33(7-1)34-8-3-4-10-36(34)41-25-31(17-19-37(35)41)29-15-13-28-24-30(16-14-27(28)23-29)32-18-22-44-42(26-32)40-21-20-39-38-11-5-6-12-43(38)47-45(39)46(40)48-44/h1-26H. The van der Waals surface area contributed by atoms with Crippen LogP contribution in [0.5, 0.6) is 0 Å². The van der Waals surface area contributed by atoms with E-state index in [9.17, 15) is 0 Å². The van der Waals surface area contributed by atoms with Crippen LogP contribution < -0.4 is 0 Å². The molecular formula is C46H26O2. The van der Waals surface area contributed by atoms with Gasteiger partial charge in [-0.15, -0.1) is 0 Å². The van der Waals surface area contributed by atoms with E-state index in [4.69, 9.17) is 8.83 Å². The quantitative estimate of drug-likeness (QED) is 0.182. The molecule has 0 radical (unpaired) electrons. The van der Waals surface area contributed by atoms with Gasteiger partial charge in [-0.25, -0.2) is 0 Å². The van der Waals surface area contributed by atoms with E-state index in [0.717, 1.165) is 49.4 Å². The second-order valence-electron chi connectivity index (χ2n) is 12.9. The van der Waals surface area contributed by atoms with Gasteiger partial charge in [0.25, 0.3) is 0 Å². The summed E-state index contributed by atoms with van der Waals surface area (Å²) in [5.74, 6) is 0. The lowest BCUT2D eigenvalue weighted by Crippen LogP contribution is -1.85. The summed E-state index contributed by atoms with van der Waals surface area (Å²) in [7, 11) is 0. The third kappa shape index (κ3) is 3.63. The number of rotatable bonds is 2. The molecule has 0 fully saturated rings. The summed E-state index contributed by atoms with van der Waals surface area (Å²) < 4.78 is 12.7. The van der Waals surface area contributed by atoms with E-state index in [1.54, 1.807) is 0 Å². The first-order valence-electron chi connectivity index (χ1n) is 16.4. The molecule has 0 atom stereocenters. The van der Waals surface area contributed by atoms with E-state index < -0.39 is 0 Å². The number of benzene rings is 9. The van der Waals surface area contributed by atoms with Gasteiger partial charge in [0.1, 0.15) is 11.2 Å². The molecule has 11 rings (SSSR count). The van der Waals surface area contributed by atoms with Crippen molar-refractivity contribution in [3.8, 4) is 22.3 Å². The number of hydrogen-bond acceptors (Lipinski definition) is 2. The molecule has 222 valence electrons. The molecule has 0 unspecified atom stereocenters. The molecule has 0 saturated heterocycles. The topological polar surface area (TPSA) is 26.3 Å². The zero-order valence-electron chi connectivity index (χ0n) is 25.8. The third-order valence-corrected chi connectivity index (χ3v) is 10.2. The molecule has 0 aliphatic carbocycles. The molecule has 0 N–H and O–H groups in total. The Morgan fingerprint density at radius 2 is 0.646 bits per heavy atom. The summed E-state index contributed by atoms with van der Waals surface area (Å²) in [6.45, 7) is 0. The highest BCUT2D eigenvalue weighted by molar-refractivity contribution is 6.26. The smallest absolute Gasteiger partial charge is 0.178 e. The van der Waals surface area contributed by atoms with Crippen LogP contribution in [-0.2, 0) is 0 Å². The van der Waals surface area contributed by atoms with Crippen LogP contribution in [0, 0.1) is 0 Å². The molecule has 11 aromatic rings. The summed E-state index contributed by atoms with van der Waals surface area (Å²) in [5, 5.41) is 14.6. The van der Waals surface area contributed by atoms with E-state index >= 15 is 0 Å². The first kappa shape index (κ1) is 25.8. The van der Waals surface area contributed by atoms with Crippen molar-refractivity contribution in [2.45, 2.75) is 0 Å². The maximum atomic E-state index is 6.39. The lowest BCUT2D eigenvalue weighted by Gasteiger charge is -2.12. The van der Waals surface area contributed by atoms with Gasteiger partial charge in [0.05, 0.1) is 0 Å². The van der Waals surface area contributed by atoms with Gasteiger partial charge in [-0.05, 0) is 114 Å². The zero-order chi connectivity index (χ0) is 31.3. The molecule has 48 heavy (non-hydrogen) atoms. The summed E-state index contributed by atoms with van der Waals surface area (Å²) in [6.07, 6.45) is 0. The molecule has 0 bridgehead atoms. The minimum absolute atomic E-state index is 0.803. The first-order chi connectivity index (χ1) is 23.8. The Labute approximate surface area is 275 Å². The molecule has 0 aliphatic heterocycles. The Hall–Kier alpha value is -6.38. The van der Waals surface area contributed by atoms with E-state index in [1.165, 1.54) is 59.8 Å². The van der Waals surface area contributed by atoms with Crippen molar-refractivity contribution < 1.29 is 8.83 Å². The second-order valence-corrected chi connectivity index (χ2v) is 12.9. The Morgan fingerprint density at radius 1 is 0.250 bits per heavy atom. The maximum absolute atomic E-state index is 6.39. The van der Waals surface area contributed by atoms with Gasteiger partial charge in [0.2, 0.25) is 0 Å².